The molecule has 0 aliphatic rings. The summed E-state index contributed by atoms with van der Waals surface area (Å²) >= 11 is 6.86. The maximum Gasteiger partial charge on any atom is 0.258 e. The minimum atomic E-state index is -1.68. The zero-order valence-corrected chi connectivity index (χ0v) is 21.0. The maximum atomic E-state index is 13.5. The molecule has 0 fully saturated rings. The number of aliphatic hydroxyl groups is 1. The van der Waals surface area contributed by atoms with E-state index < -0.39 is 12.3 Å². The average molecular weight is 519 g/mol. The minimum Gasteiger partial charge on any atom is -0.482 e. The fourth-order valence-corrected chi connectivity index (χ4v) is 4.64. The fraction of sp³-hybridized carbons (Fsp3) is 0.179. The smallest absolute Gasteiger partial charge is 0.258 e. The van der Waals surface area contributed by atoms with E-state index in [9.17, 15) is 9.50 Å². The van der Waals surface area contributed by atoms with Crippen molar-refractivity contribution in [2.24, 2.45) is 7.05 Å². The van der Waals surface area contributed by atoms with E-state index in [0.29, 0.717) is 38.5 Å². The topological polar surface area (TPSA) is 82.3 Å². The van der Waals surface area contributed by atoms with Crippen LogP contribution in [0.3, 0.4) is 0 Å². The molecule has 0 aliphatic heterocycles. The first-order valence-electron chi connectivity index (χ1n) is 11.5. The van der Waals surface area contributed by atoms with E-state index in [1.165, 1.54) is 13.3 Å². The van der Waals surface area contributed by atoms with E-state index in [4.69, 9.17) is 21.1 Å². The molecule has 0 aliphatic carbocycles. The molecule has 5 aromatic rings. The van der Waals surface area contributed by atoms with Crippen molar-refractivity contribution < 1.29 is 19.0 Å². The molecule has 0 bridgehead atoms. The van der Waals surface area contributed by atoms with Crippen LogP contribution in [0.1, 0.15) is 28.1 Å². The Morgan fingerprint density at radius 1 is 1.08 bits per heavy atom. The number of aryl methyl sites for hydroxylation is 1. The third-order valence-electron chi connectivity index (χ3n) is 6.24. The van der Waals surface area contributed by atoms with Gasteiger partial charge in [-0.25, -0.2) is 14.4 Å². The standard InChI is InChI=1S/C28H24ClFN4O3/c1-34-17-31-15-24(34)28(35,20-10-11-32-21(12-20)14-30)19-8-9-23-22(13-19)25(29)26(27(33-23)36-2)37-16-18-6-4-3-5-7-18/h3-13,15,17,35H,14,16H2,1-2H3. The van der Waals surface area contributed by atoms with Crippen LogP contribution in [0.4, 0.5) is 4.39 Å². The molecule has 1 unspecified atom stereocenters. The second-order valence-corrected chi connectivity index (χ2v) is 8.92. The van der Waals surface area contributed by atoms with Gasteiger partial charge in [0, 0.05) is 18.6 Å². The number of imidazole rings is 1. The third-order valence-corrected chi connectivity index (χ3v) is 6.62. The number of benzene rings is 2. The Labute approximate surface area is 218 Å². The second-order valence-electron chi connectivity index (χ2n) is 8.54. The van der Waals surface area contributed by atoms with Crippen molar-refractivity contribution >= 4 is 22.5 Å². The molecular formula is C28H24ClFN4O3. The largest absolute Gasteiger partial charge is 0.482 e. The molecular weight excluding hydrogens is 495 g/mol. The SMILES string of the molecule is COc1nc2ccc(C(O)(c3ccnc(CF)c3)c3cncn3C)cc2c(Cl)c1OCc1ccccc1. The lowest BCUT2D eigenvalue weighted by atomic mass is 9.83. The van der Waals surface area contributed by atoms with Gasteiger partial charge in [0.05, 0.1) is 41.6 Å². The summed E-state index contributed by atoms with van der Waals surface area (Å²) in [6, 6.07) is 18.1. The van der Waals surface area contributed by atoms with Crippen molar-refractivity contribution in [3.05, 3.63) is 112 Å². The summed E-state index contributed by atoms with van der Waals surface area (Å²) in [7, 11) is 3.28. The Morgan fingerprint density at radius 3 is 2.57 bits per heavy atom. The molecule has 2 aromatic carbocycles. The highest BCUT2D eigenvalue weighted by atomic mass is 35.5. The van der Waals surface area contributed by atoms with Gasteiger partial charge >= 0.3 is 0 Å². The summed E-state index contributed by atoms with van der Waals surface area (Å²) in [6.07, 6.45) is 4.64. The summed E-state index contributed by atoms with van der Waals surface area (Å²) < 4.78 is 26.7. The van der Waals surface area contributed by atoms with Gasteiger partial charge in [-0.1, -0.05) is 48.0 Å². The van der Waals surface area contributed by atoms with Crippen molar-refractivity contribution in [3.63, 3.8) is 0 Å². The summed E-state index contributed by atoms with van der Waals surface area (Å²) in [5.41, 5.74) is 1.46. The first kappa shape index (κ1) is 24.7. The highest BCUT2D eigenvalue weighted by Crippen LogP contribution is 2.43. The molecule has 0 saturated heterocycles. The van der Waals surface area contributed by atoms with E-state index >= 15 is 0 Å². The molecule has 0 spiro atoms. The molecule has 3 heterocycles. The number of hydrogen-bond donors (Lipinski definition) is 1. The van der Waals surface area contributed by atoms with Crippen LogP contribution in [0.15, 0.2) is 79.4 Å². The molecule has 1 N–H and O–H groups in total. The molecule has 0 radical (unpaired) electrons. The zero-order chi connectivity index (χ0) is 26.0. The van der Waals surface area contributed by atoms with Crippen molar-refractivity contribution in [1.29, 1.82) is 0 Å². The number of pyridine rings is 2. The first-order chi connectivity index (χ1) is 18.0. The van der Waals surface area contributed by atoms with E-state index in [0.717, 1.165) is 5.56 Å². The van der Waals surface area contributed by atoms with E-state index in [-0.39, 0.29) is 18.2 Å². The summed E-state index contributed by atoms with van der Waals surface area (Å²) in [5.74, 6) is 0.551. The number of methoxy groups -OCH3 is 1. The predicted molar refractivity (Wildman–Crippen MR) is 138 cm³/mol. The minimum absolute atomic E-state index is 0.208. The molecule has 0 saturated carbocycles. The number of rotatable bonds is 8. The number of aromatic nitrogens is 4. The summed E-state index contributed by atoms with van der Waals surface area (Å²) in [4.78, 5) is 12.8. The monoisotopic (exact) mass is 518 g/mol. The van der Waals surface area contributed by atoms with Crippen LogP contribution in [-0.4, -0.2) is 31.7 Å². The van der Waals surface area contributed by atoms with Gasteiger partial charge in [0.25, 0.3) is 5.88 Å². The number of nitrogens with zero attached hydrogens (tertiary/aromatic N) is 4. The number of halogens is 2. The Kier molecular flexibility index (Phi) is 6.78. The highest BCUT2D eigenvalue weighted by Gasteiger charge is 2.37. The van der Waals surface area contributed by atoms with Crippen molar-refractivity contribution in [3.8, 4) is 11.6 Å². The Bertz CT molecular complexity index is 1560. The van der Waals surface area contributed by atoms with E-state index in [1.54, 1.807) is 54.5 Å². The summed E-state index contributed by atoms with van der Waals surface area (Å²) in [5, 5.41) is 13.1. The van der Waals surface area contributed by atoms with Crippen LogP contribution in [-0.2, 0) is 25.9 Å². The Morgan fingerprint density at radius 2 is 1.86 bits per heavy atom. The van der Waals surface area contributed by atoms with Gasteiger partial charge in [-0.05, 0) is 41.0 Å². The molecule has 37 heavy (non-hydrogen) atoms. The summed E-state index contributed by atoms with van der Waals surface area (Å²) in [6.45, 7) is -0.490. The van der Waals surface area contributed by atoms with Crippen LogP contribution in [0.25, 0.3) is 10.9 Å². The van der Waals surface area contributed by atoms with Gasteiger partial charge in [0.1, 0.15) is 13.3 Å². The number of ether oxygens (including phenoxy) is 2. The lowest BCUT2D eigenvalue weighted by Gasteiger charge is -2.30. The van der Waals surface area contributed by atoms with Gasteiger partial charge in [-0.3, -0.25) is 4.98 Å². The maximum absolute atomic E-state index is 13.5. The van der Waals surface area contributed by atoms with E-state index in [2.05, 4.69) is 15.0 Å². The van der Waals surface area contributed by atoms with Crippen molar-refractivity contribution in [2.45, 2.75) is 18.9 Å². The molecule has 5 rings (SSSR count). The lowest BCUT2D eigenvalue weighted by Crippen LogP contribution is -2.31. The predicted octanol–water partition coefficient (Wildman–Crippen LogP) is 5.36. The number of fused-ring (bicyclic) bond motifs is 1. The lowest BCUT2D eigenvalue weighted by molar-refractivity contribution is 0.117. The molecule has 1 atom stereocenters. The molecule has 7 nitrogen and oxygen atoms in total. The van der Waals surface area contributed by atoms with Crippen molar-refractivity contribution in [2.75, 3.05) is 7.11 Å². The fourth-order valence-electron chi connectivity index (χ4n) is 4.35. The third kappa shape index (κ3) is 4.50. The van der Waals surface area contributed by atoms with Crippen LogP contribution in [0, 0.1) is 0 Å². The Balaban J connectivity index is 1.67. The van der Waals surface area contributed by atoms with Crippen LogP contribution in [0.5, 0.6) is 11.6 Å². The van der Waals surface area contributed by atoms with Gasteiger partial charge < -0.3 is 19.1 Å². The number of alkyl halides is 1. The van der Waals surface area contributed by atoms with Gasteiger partial charge in [-0.2, -0.15) is 0 Å². The first-order valence-corrected chi connectivity index (χ1v) is 11.9. The van der Waals surface area contributed by atoms with Crippen LogP contribution in [0.2, 0.25) is 5.02 Å². The van der Waals surface area contributed by atoms with Crippen LogP contribution < -0.4 is 9.47 Å². The van der Waals surface area contributed by atoms with Gasteiger partial charge in [0.2, 0.25) is 5.75 Å². The quantitative estimate of drug-likeness (QED) is 0.298. The second kappa shape index (κ2) is 10.2. The molecule has 0 amide bonds. The molecule has 9 heteroatoms. The van der Waals surface area contributed by atoms with E-state index in [1.807, 2.05) is 30.3 Å². The number of hydrogen-bond acceptors (Lipinski definition) is 6. The normalized spacial score (nSPS) is 12.9. The van der Waals surface area contributed by atoms with Gasteiger partial charge in [0.15, 0.2) is 5.60 Å². The molecule has 188 valence electrons. The van der Waals surface area contributed by atoms with Gasteiger partial charge in [-0.15, -0.1) is 0 Å². The highest BCUT2D eigenvalue weighted by molar-refractivity contribution is 6.37. The van der Waals surface area contributed by atoms with Crippen LogP contribution >= 0.6 is 11.6 Å². The average Bonchev–Trinajstić information content (AvgIpc) is 3.38. The zero-order valence-electron chi connectivity index (χ0n) is 20.2. The van der Waals surface area contributed by atoms with Crippen molar-refractivity contribution in [1.82, 2.24) is 19.5 Å². The Hall–Kier alpha value is -4.01. The molecule has 3 aromatic heterocycles.